The highest BCUT2D eigenvalue weighted by molar-refractivity contribution is 9.10. The molecule has 1 aromatic rings. The molecule has 0 amide bonds. The molecule has 0 saturated carbocycles. The highest BCUT2D eigenvalue weighted by Crippen LogP contribution is 2.23. The van der Waals surface area contributed by atoms with Gasteiger partial charge in [0.05, 0.1) is 0 Å². The SMILES string of the molecule is CN(CCN1CCCC1)c1ccc(/C(N)=N/O)c(Br)c1. The van der Waals surface area contributed by atoms with E-state index in [0.717, 1.165) is 23.2 Å². The molecule has 110 valence electrons. The first-order valence-electron chi connectivity index (χ1n) is 6.83. The summed E-state index contributed by atoms with van der Waals surface area (Å²) in [6.07, 6.45) is 2.65. The van der Waals surface area contributed by atoms with Gasteiger partial charge in [0.25, 0.3) is 0 Å². The Bertz CT molecular complexity index is 486. The van der Waals surface area contributed by atoms with Crippen molar-refractivity contribution in [3.05, 3.63) is 28.2 Å². The number of likely N-dealkylation sites (N-methyl/N-ethyl adjacent to an activating group) is 1. The van der Waals surface area contributed by atoms with Crippen LogP contribution in [0.3, 0.4) is 0 Å². The van der Waals surface area contributed by atoms with Crippen molar-refractivity contribution in [1.29, 1.82) is 0 Å². The van der Waals surface area contributed by atoms with Gasteiger partial charge < -0.3 is 20.7 Å². The van der Waals surface area contributed by atoms with E-state index < -0.39 is 0 Å². The number of hydrogen-bond donors (Lipinski definition) is 2. The summed E-state index contributed by atoms with van der Waals surface area (Å²) in [5.74, 6) is 0.114. The van der Waals surface area contributed by atoms with E-state index >= 15 is 0 Å². The van der Waals surface area contributed by atoms with Crippen LogP contribution >= 0.6 is 15.9 Å². The lowest BCUT2D eigenvalue weighted by atomic mass is 10.2. The van der Waals surface area contributed by atoms with Crippen LogP contribution in [0.25, 0.3) is 0 Å². The Morgan fingerprint density at radius 3 is 2.75 bits per heavy atom. The Morgan fingerprint density at radius 1 is 1.45 bits per heavy atom. The molecule has 1 fully saturated rings. The standard InChI is InChI=1S/C14H21BrN4O/c1-18(8-9-19-6-2-3-7-19)11-4-5-12(13(15)10-11)14(16)17-20/h4-5,10,20H,2-3,6-9H2,1H3,(H2,16,17). The summed E-state index contributed by atoms with van der Waals surface area (Å²) in [4.78, 5) is 4.72. The predicted molar refractivity (Wildman–Crippen MR) is 85.6 cm³/mol. The van der Waals surface area contributed by atoms with Gasteiger partial charge in [0.2, 0.25) is 0 Å². The summed E-state index contributed by atoms with van der Waals surface area (Å²) in [6, 6.07) is 5.85. The molecule has 0 unspecified atom stereocenters. The molecule has 1 aliphatic heterocycles. The Hall–Kier alpha value is -1.27. The first kappa shape index (κ1) is 15.1. The van der Waals surface area contributed by atoms with Crippen LogP contribution in [0.15, 0.2) is 27.8 Å². The minimum Gasteiger partial charge on any atom is -0.409 e. The molecule has 5 nitrogen and oxygen atoms in total. The zero-order valence-corrected chi connectivity index (χ0v) is 13.3. The largest absolute Gasteiger partial charge is 0.409 e. The van der Waals surface area contributed by atoms with Crippen molar-refractivity contribution in [2.75, 3.05) is 38.1 Å². The van der Waals surface area contributed by atoms with Crippen molar-refractivity contribution in [2.45, 2.75) is 12.8 Å². The van der Waals surface area contributed by atoms with E-state index in [1.165, 1.54) is 25.9 Å². The van der Waals surface area contributed by atoms with Gasteiger partial charge >= 0.3 is 0 Å². The Balaban J connectivity index is 1.99. The summed E-state index contributed by atoms with van der Waals surface area (Å²) < 4.78 is 0.832. The van der Waals surface area contributed by atoms with Gasteiger partial charge in [0, 0.05) is 35.9 Å². The van der Waals surface area contributed by atoms with Crippen LogP contribution in [0, 0.1) is 0 Å². The van der Waals surface area contributed by atoms with Gasteiger partial charge in [-0.25, -0.2) is 0 Å². The fourth-order valence-corrected chi connectivity index (χ4v) is 3.00. The molecule has 3 N–H and O–H groups in total. The third kappa shape index (κ3) is 3.64. The maximum absolute atomic E-state index is 8.72. The average Bonchev–Trinajstić information content (AvgIpc) is 2.97. The lowest BCUT2D eigenvalue weighted by Crippen LogP contribution is -2.31. The van der Waals surface area contributed by atoms with Gasteiger partial charge in [-0.1, -0.05) is 5.16 Å². The lowest BCUT2D eigenvalue weighted by molar-refractivity contribution is 0.318. The molecular weight excluding hydrogens is 320 g/mol. The van der Waals surface area contributed by atoms with Crippen LogP contribution in [0.5, 0.6) is 0 Å². The minimum atomic E-state index is 0.114. The second kappa shape index (κ2) is 6.95. The second-order valence-electron chi connectivity index (χ2n) is 5.12. The fourth-order valence-electron chi connectivity index (χ4n) is 2.43. The van der Waals surface area contributed by atoms with Gasteiger partial charge in [0.15, 0.2) is 5.84 Å². The van der Waals surface area contributed by atoms with Crippen molar-refractivity contribution in [3.63, 3.8) is 0 Å². The van der Waals surface area contributed by atoms with E-state index in [-0.39, 0.29) is 5.84 Å². The first-order valence-corrected chi connectivity index (χ1v) is 7.62. The predicted octanol–water partition coefficient (Wildman–Crippen LogP) is 2.08. The van der Waals surface area contributed by atoms with E-state index in [1.54, 1.807) is 0 Å². The third-order valence-corrected chi connectivity index (χ3v) is 4.38. The summed E-state index contributed by atoms with van der Waals surface area (Å²) >= 11 is 3.47. The van der Waals surface area contributed by atoms with Crippen molar-refractivity contribution in [3.8, 4) is 0 Å². The molecule has 1 heterocycles. The number of nitrogens with zero attached hydrogens (tertiary/aromatic N) is 3. The number of anilines is 1. The molecule has 1 saturated heterocycles. The topological polar surface area (TPSA) is 65.1 Å². The van der Waals surface area contributed by atoms with Crippen LogP contribution in [-0.4, -0.2) is 49.2 Å². The maximum Gasteiger partial charge on any atom is 0.171 e. The minimum absolute atomic E-state index is 0.114. The van der Waals surface area contributed by atoms with Gasteiger partial charge in [-0.05, 0) is 60.1 Å². The van der Waals surface area contributed by atoms with Gasteiger partial charge in [-0.15, -0.1) is 0 Å². The summed E-state index contributed by atoms with van der Waals surface area (Å²) in [5, 5.41) is 11.7. The Kier molecular flexibility index (Phi) is 5.25. The Morgan fingerprint density at radius 2 is 2.15 bits per heavy atom. The molecule has 1 aromatic carbocycles. The lowest BCUT2D eigenvalue weighted by Gasteiger charge is -2.23. The first-order chi connectivity index (χ1) is 9.61. The van der Waals surface area contributed by atoms with E-state index in [0.29, 0.717) is 5.56 Å². The molecule has 2 rings (SSSR count). The molecular formula is C14H21BrN4O. The maximum atomic E-state index is 8.72. The molecule has 20 heavy (non-hydrogen) atoms. The fraction of sp³-hybridized carbons (Fsp3) is 0.500. The van der Waals surface area contributed by atoms with Crippen molar-refractivity contribution < 1.29 is 5.21 Å². The van der Waals surface area contributed by atoms with E-state index in [9.17, 15) is 0 Å². The zero-order chi connectivity index (χ0) is 14.5. The molecule has 0 bridgehead atoms. The normalized spacial score (nSPS) is 16.6. The number of nitrogens with two attached hydrogens (primary N) is 1. The second-order valence-corrected chi connectivity index (χ2v) is 5.97. The number of oxime groups is 1. The zero-order valence-electron chi connectivity index (χ0n) is 11.7. The van der Waals surface area contributed by atoms with Gasteiger partial charge in [-0.2, -0.15) is 0 Å². The third-order valence-electron chi connectivity index (χ3n) is 3.73. The number of halogens is 1. The summed E-state index contributed by atoms with van der Waals surface area (Å²) in [5.41, 5.74) is 7.43. The van der Waals surface area contributed by atoms with Crippen LogP contribution in [0.2, 0.25) is 0 Å². The highest BCUT2D eigenvalue weighted by atomic mass is 79.9. The van der Waals surface area contributed by atoms with E-state index in [4.69, 9.17) is 10.9 Å². The van der Waals surface area contributed by atoms with E-state index in [1.807, 2.05) is 18.2 Å². The Labute approximate surface area is 128 Å². The quantitative estimate of drug-likeness (QED) is 0.372. The van der Waals surface area contributed by atoms with Crippen LogP contribution in [0.1, 0.15) is 18.4 Å². The van der Waals surface area contributed by atoms with Gasteiger partial charge in [-0.3, -0.25) is 0 Å². The van der Waals surface area contributed by atoms with Crippen molar-refractivity contribution in [2.24, 2.45) is 10.9 Å². The van der Waals surface area contributed by atoms with Crippen molar-refractivity contribution in [1.82, 2.24) is 4.90 Å². The van der Waals surface area contributed by atoms with Gasteiger partial charge in [0.1, 0.15) is 0 Å². The van der Waals surface area contributed by atoms with E-state index in [2.05, 4.69) is 37.9 Å². The summed E-state index contributed by atoms with van der Waals surface area (Å²) in [6.45, 7) is 4.53. The summed E-state index contributed by atoms with van der Waals surface area (Å²) in [7, 11) is 2.08. The van der Waals surface area contributed by atoms with Crippen LogP contribution in [0.4, 0.5) is 5.69 Å². The number of likely N-dealkylation sites (tertiary alicyclic amines) is 1. The molecule has 0 atom stereocenters. The number of hydrogen-bond acceptors (Lipinski definition) is 4. The van der Waals surface area contributed by atoms with Crippen LogP contribution in [-0.2, 0) is 0 Å². The molecule has 1 aliphatic rings. The number of rotatable bonds is 5. The van der Waals surface area contributed by atoms with Crippen molar-refractivity contribution >= 4 is 27.5 Å². The molecule has 0 aliphatic carbocycles. The molecule has 0 aromatic heterocycles. The number of benzene rings is 1. The smallest absolute Gasteiger partial charge is 0.171 e. The molecule has 6 heteroatoms. The highest BCUT2D eigenvalue weighted by Gasteiger charge is 2.13. The average molecular weight is 341 g/mol. The molecule has 0 spiro atoms. The number of amidine groups is 1. The monoisotopic (exact) mass is 340 g/mol. The molecule has 0 radical (unpaired) electrons. The van der Waals surface area contributed by atoms with Crippen LogP contribution < -0.4 is 10.6 Å².